The second kappa shape index (κ2) is 13.2. The van der Waals surface area contributed by atoms with Crippen LogP contribution in [0.1, 0.15) is 40.2 Å². The molecule has 2 N–H and O–H groups in total. The molecule has 0 aromatic heterocycles. The second-order valence-electron chi connectivity index (χ2n) is 11.6. The Kier molecular flexibility index (Phi) is 10.6. The highest BCUT2D eigenvalue weighted by Crippen LogP contribution is 2.52. The molecule has 3 aliphatic heterocycles. The van der Waals surface area contributed by atoms with Gasteiger partial charge >= 0.3 is 24.1 Å². The number of carbonyl (C=O) groups excluding carboxylic acids is 3. The molecule has 238 valence electrons. The number of hydrogen-bond donors (Lipinski definition) is 2. The number of aliphatic hydroxyl groups is 1. The van der Waals surface area contributed by atoms with Gasteiger partial charge in [0.15, 0.2) is 0 Å². The van der Waals surface area contributed by atoms with Crippen molar-refractivity contribution in [3.63, 3.8) is 0 Å². The molecule has 0 saturated carbocycles. The van der Waals surface area contributed by atoms with E-state index in [0.717, 1.165) is 23.6 Å². The lowest BCUT2D eigenvalue weighted by Crippen LogP contribution is -2.63. The number of aliphatic carboxylic acids is 1. The number of benzene rings is 1. The Balaban J connectivity index is 0.000000646. The third kappa shape index (κ3) is 8.06. The van der Waals surface area contributed by atoms with Crippen molar-refractivity contribution in [2.24, 2.45) is 17.3 Å². The van der Waals surface area contributed by atoms with Crippen LogP contribution in [0.15, 0.2) is 34.9 Å². The first-order chi connectivity index (χ1) is 19.8. The van der Waals surface area contributed by atoms with Crippen LogP contribution < -0.4 is 0 Å². The van der Waals surface area contributed by atoms with Crippen molar-refractivity contribution in [2.75, 3.05) is 19.9 Å². The predicted octanol–water partition coefficient (Wildman–Crippen LogP) is 3.54. The summed E-state index contributed by atoms with van der Waals surface area (Å²) in [5, 5.41) is 17.5. The Bertz CT molecular complexity index is 1260. The smallest absolute Gasteiger partial charge is 0.475 e. The van der Waals surface area contributed by atoms with Crippen LogP contribution >= 0.6 is 11.8 Å². The molecule has 0 unspecified atom stereocenters. The van der Waals surface area contributed by atoms with Crippen molar-refractivity contribution in [3.05, 3.63) is 46.2 Å². The van der Waals surface area contributed by atoms with Gasteiger partial charge in [0.25, 0.3) is 0 Å². The van der Waals surface area contributed by atoms with Crippen molar-refractivity contribution >= 4 is 35.6 Å². The number of halogens is 4. The number of fused-ring (bicyclic) bond motifs is 1. The Labute approximate surface area is 250 Å². The minimum absolute atomic E-state index is 0.141. The number of esters is 2. The number of aliphatic hydroxyl groups excluding tert-OH is 1. The fraction of sp³-hybridized carbons (Fsp3) is 0.571. The monoisotopic (exact) mass is 634 g/mol. The first kappa shape index (κ1) is 34.3. The Morgan fingerprint density at radius 3 is 2.14 bits per heavy atom. The number of ether oxygens (including phenoxy) is 2. The molecule has 1 aromatic rings. The highest BCUT2D eigenvalue weighted by molar-refractivity contribution is 8.03. The fourth-order valence-corrected chi connectivity index (χ4v) is 6.42. The summed E-state index contributed by atoms with van der Waals surface area (Å²) in [4.78, 5) is 51.3. The third-order valence-corrected chi connectivity index (χ3v) is 8.52. The van der Waals surface area contributed by atoms with Crippen LogP contribution in [0.25, 0.3) is 0 Å². The molecular formula is C28H34F4N2O8S. The maximum absolute atomic E-state index is 13.2. The molecule has 1 aromatic carbocycles. The van der Waals surface area contributed by atoms with E-state index in [1.807, 2.05) is 6.92 Å². The molecule has 2 saturated heterocycles. The van der Waals surface area contributed by atoms with E-state index in [1.165, 1.54) is 17.0 Å². The van der Waals surface area contributed by atoms with Gasteiger partial charge in [-0.25, -0.2) is 14.0 Å². The van der Waals surface area contributed by atoms with Gasteiger partial charge in [-0.2, -0.15) is 13.2 Å². The summed E-state index contributed by atoms with van der Waals surface area (Å²) in [6, 6.07) is 6.12. The number of rotatable bonds is 8. The highest BCUT2D eigenvalue weighted by Gasteiger charge is 2.60. The predicted molar refractivity (Wildman–Crippen MR) is 145 cm³/mol. The zero-order chi connectivity index (χ0) is 32.4. The van der Waals surface area contributed by atoms with Gasteiger partial charge in [-0.1, -0.05) is 19.1 Å². The first-order valence-electron chi connectivity index (χ1n) is 13.4. The topological polar surface area (TPSA) is 134 Å². The molecule has 10 nitrogen and oxygen atoms in total. The summed E-state index contributed by atoms with van der Waals surface area (Å²) in [5.74, 6) is -5.25. The normalized spacial score (nSPS) is 23.0. The molecule has 4 atom stereocenters. The summed E-state index contributed by atoms with van der Waals surface area (Å²) in [6.07, 6.45) is -5.91. The lowest BCUT2D eigenvalue weighted by Gasteiger charge is -2.46. The number of nitrogens with zero attached hydrogens (tertiary/aromatic N) is 2. The van der Waals surface area contributed by atoms with Gasteiger partial charge < -0.3 is 24.6 Å². The highest BCUT2D eigenvalue weighted by atomic mass is 32.2. The maximum atomic E-state index is 13.2. The molecule has 15 heteroatoms. The minimum atomic E-state index is -5.08. The van der Waals surface area contributed by atoms with Crippen LogP contribution in [0.2, 0.25) is 0 Å². The van der Waals surface area contributed by atoms with Gasteiger partial charge in [-0.05, 0) is 45.4 Å². The molecule has 0 aliphatic carbocycles. The molecule has 0 bridgehead atoms. The van der Waals surface area contributed by atoms with Gasteiger partial charge in [0.1, 0.15) is 11.5 Å². The van der Waals surface area contributed by atoms with E-state index in [9.17, 15) is 37.1 Å². The zero-order valence-corrected chi connectivity index (χ0v) is 25.0. The number of alkyl halides is 3. The number of amides is 1. The first-order valence-corrected chi connectivity index (χ1v) is 14.2. The van der Waals surface area contributed by atoms with Crippen LogP contribution in [0.4, 0.5) is 17.6 Å². The number of carboxylic acid groups (broad SMARTS) is 1. The van der Waals surface area contributed by atoms with Gasteiger partial charge in [0, 0.05) is 35.7 Å². The van der Waals surface area contributed by atoms with E-state index < -0.39 is 48.3 Å². The zero-order valence-electron chi connectivity index (χ0n) is 24.2. The summed E-state index contributed by atoms with van der Waals surface area (Å²) in [5.41, 5.74) is 0.474. The molecule has 1 amide bonds. The van der Waals surface area contributed by atoms with Gasteiger partial charge in [0.05, 0.1) is 23.5 Å². The van der Waals surface area contributed by atoms with Crippen LogP contribution in [-0.2, 0) is 35.2 Å². The van der Waals surface area contributed by atoms with Gasteiger partial charge in [-0.3, -0.25) is 14.5 Å². The summed E-state index contributed by atoms with van der Waals surface area (Å²) < 4.78 is 55.2. The van der Waals surface area contributed by atoms with Crippen molar-refractivity contribution in [1.29, 1.82) is 0 Å². The van der Waals surface area contributed by atoms with E-state index in [1.54, 1.807) is 51.6 Å². The van der Waals surface area contributed by atoms with Crippen LogP contribution in [0.3, 0.4) is 0 Å². The van der Waals surface area contributed by atoms with Crippen molar-refractivity contribution in [3.8, 4) is 0 Å². The molecule has 0 spiro atoms. The molecule has 3 heterocycles. The molecular weight excluding hydrogens is 600 g/mol. The Morgan fingerprint density at radius 2 is 1.65 bits per heavy atom. The standard InChI is InChI=1S/C26H33FN2O6S.C2HF3O2/c1-14-20-19(15(2)30)23(31)29(20)21(24(32)34-13-35-25(33)26(3,4)5)22(14)36-18-11-28(12-18)10-16-6-8-17(27)9-7-16;3-2(4,5)1(6)7/h6-9,14-15,18-20,30H,10-13H2,1-5H3;(H,6,7)/t14-,15-,19-,20-;/m1./s1. The number of hydrogen-bond acceptors (Lipinski definition) is 9. The average molecular weight is 635 g/mol. The van der Waals surface area contributed by atoms with E-state index in [-0.39, 0.29) is 34.6 Å². The molecule has 43 heavy (non-hydrogen) atoms. The maximum Gasteiger partial charge on any atom is 0.490 e. The van der Waals surface area contributed by atoms with Gasteiger partial charge in [0.2, 0.25) is 12.7 Å². The van der Waals surface area contributed by atoms with Crippen molar-refractivity contribution in [2.45, 2.75) is 64.7 Å². The Hall–Kier alpha value is -3.17. The second-order valence-corrected chi connectivity index (χ2v) is 12.9. The summed E-state index contributed by atoms with van der Waals surface area (Å²) >= 11 is 1.56. The van der Waals surface area contributed by atoms with E-state index in [2.05, 4.69) is 4.90 Å². The van der Waals surface area contributed by atoms with Crippen LogP contribution in [0.5, 0.6) is 0 Å². The van der Waals surface area contributed by atoms with Crippen LogP contribution in [-0.4, -0.2) is 87.3 Å². The van der Waals surface area contributed by atoms with Crippen molar-refractivity contribution in [1.82, 2.24) is 9.80 Å². The molecule has 4 rings (SSSR count). The largest absolute Gasteiger partial charge is 0.490 e. The number of thioether (sulfide) groups is 1. The fourth-order valence-electron chi connectivity index (χ4n) is 4.84. The SMILES string of the molecule is C[C@@H](O)[C@H]1C(=O)N2C(C(=O)OCOC(=O)C(C)(C)C)=C(SC3CN(Cc4ccc(F)cc4)C3)[C@H](C)[C@H]12.O=C(O)C(F)(F)F. The molecule has 0 radical (unpaired) electrons. The molecule has 2 fully saturated rings. The lowest BCUT2D eigenvalue weighted by molar-refractivity contribution is -0.192. The van der Waals surface area contributed by atoms with E-state index in [4.69, 9.17) is 19.4 Å². The quantitative estimate of drug-likeness (QED) is 0.189. The summed E-state index contributed by atoms with van der Waals surface area (Å²) in [7, 11) is 0. The van der Waals surface area contributed by atoms with Gasteiger partial charge in [-0.15, -0.1) is 11.8 Å². The Morgan fingerprint density at radius 1 is 1.09 bits per heavy atom. The lowest BCUT2D eigenvalue weighted by atomic mass is 9.79. The number of β-lactam (4-membered cyclic amide) rings is 1. The number of carboxylic acids is 1. The third-order valence-electron chi connectivity index (χ3n) is 7.07. The summed E-state index contributed by atoms with van der Waals surface area (Å²) in [6.45, 7) is 10.4. The molecule has 3 aliphatic rings. The average Bonchev–Trinajstić information content (AvgIpc) is 3.10. The minimum Gasteiger partial charge on any atom is -0.475 e. The number of likely N-dealkylation sites (tertiary alicyclic amines) is 1. The van der Waals surface area contributed by atoms with Crippen molar-refractivity contribution < 1.29 is 56.4 Å². The van der Waals surface area contributed by atoms with E-state index >= 15 is 0 Å². The van der Waals surface area contributed by atoms with Crippen LogP contribution in [0, 0.1) is 23.1 Å². The number of carbonyl (C=O) groups is 4. The van der Waals surface area contributed by atoms with E-state index in [0.29, 0.717) is 6.54 Å².